The number of carbonyl (C=O) groups excluding carboxylic acids is 1. The first-order valence-electron chi connectivity index (χ1n) is 9.26. The molecule has 8 nitrogen and oxygen atoms in total. The lowest BCUT2D eigenvalue weighted by Crippen LogP contribution is -2.42. The summed E-state index contributed by atoms with van der Waals surface area (Å²) in [5.41, 5.74) is 0.813. The number of ether oxygens (including phenoxy) is 1. The molecule has 0 amide bonds. The fourth-order valence-corrected chi connectivity index (χ4v) is 4.09. The maximum absolute atomic E-state index is 12.2. The largest absolute Gasteiger partial charge is 0.466 e. The van der Waals surface area contributed by atoms with Crippen LogP contribution in [0.4, 0.5) is 17.6 Å². The van der Waals surface area contributed by atoms with Crippen LogP contribution in [-0.4, -0.2) is 45.3 Å². The number of esters is 1. The third kappa shape index (κ3) is 2.51. The Hall–Kier alpha value is -2.64. The molecule has 2 aliphatic heterocycles. The lowest BCUT2D eigenvalue weighted by Gasteiger charge is -2.34. The molecule has 26 heavy (non-hydrogen) atoms. The van der Waals surface area contributed by atoms with Crippen molar-refractivity contribution >= 4 is 23.6 Å². The number of fused-ring (bicyclic) bond motifs is 1. The first kappa shape index (κ1) is 15.6. The Kier molecular flexibility index (Phi) is 3.41. The van der Waals surface area contributed by atoms with Gasteiger partial charge in [-0.05, 0) is 38.7 Å². The van der Waals surface area contributed by atoms with E-state index in [0.29, 0.717) is 36.9 Å². The van der Waals surface area contributed by atoms with Crippen LogP contribution in [-0.2, 0) is 9.53 Å². The van der Waals surface area contributed by atoms with Crippen molar-refractivity contribution in [3.8, 4) is 0 Å². The topological polar surface area (TPSA) is 96.0 Å². The van der Waals surface area contributed by atoms with E-state index in [-0.39, 0.29) is 11.4 Å². The lowest BCUT2D eigenvalue weighted by molar-refractivity contribution is -0.157. The van der Waals surface area contributed by atoms with Crippen LogP contribution in [0.5, 0.6) is 0 Å². The second-order valence-corrected chi connectivity index (χ2v) is 7.54. The van der Waals surface area contributed by atoms with Gasteiger partial charge in [0.25, 0.3) is 0 Å². The molecule has 2 aromatic rings. The molecular formula is C18H22N6O2. The molecule has 0 unspecified atom stereocenters. The normalized spacial score (nSPS) is 26.5. The Morgan fingerprint density at radius 1 is 1.42 bits per heavy atom. The van der Waals surface area contributed by atoms with E-state index in [1.54, 1.807) is 6.20 Å². The number of hydrogen-bond acceptors (Lipinski definition) is 7. The van der Waals surface area contributed by atoms with Crippen molar-refractivity contribution in [3.63, 3.8) is 0 Å². The summed E-state index contributed by atoms with van der Waals surface area (Å²) in [4.78, 5) is 23.4. The zero-order valence-electron chi connectivity index (χ0n) is 14.7. The minimum Gasteiger partial charge on any atom is -0.466 e. The number of hydrogen-bond donors (Lipinski definition) is 2. The van der Waals surface area contributed by atoms with Gasteiger partial charge in [-0.2, -0.15) is 10.1 Å². The Bertz CT molecular complexity index is 840. The van der Waals surface area contributed by atoms with Crippen molar-refractivity contribution in [2.24, 2.45) is 5.41 Å². The van der Waals surface area contributed by atoms with Gasteiger partial charge >= 0.3 is 5.97 Å². The molecule has 4 heterocycles. The maximum Gasteiger partial charge on any atom is 0.314 e. The molecule has 2 N–H and O–H groups in total. The number of rotatable bonds is 6. The molecule has 2 saturated heterocycles. The molecule has 2 aliphatic carbocycles. The van der Waals surface area contributed by atoms with Gasteiger partial charge in [-0.3, -0.25) is 9.89 Å². The first-order chi connectivity index (χ1) is 12.7. The maximum atomic E-state index is 12.2. The van der Waals surface area contributed by atoms with E-state index in [1.807, 2.05) is 19.1 Å². The van der Waals surface area contributed by atoms with Crippen molar-refractivity contribution in [3.05, 3.63) is 24.0 Å². The van der Waals surface area contributed by atoms with Crippen LogP contribution in [0.15, 0.2) is 18.3 Å². The fraction of sp³-hybridized carbons (Fsp3) is 0.556. The van der Waals surface area contributed by atoms with Crippen molar-refractivity contribution in [1.82, 2.24) is 20.2 Å². The molecule has 6 rings (SSSR count). The molecule has 2 aromatic heterocycles. The van der Waals surface area contributed by atoms with Gasteiger partial charge in [0.05, 0.1) is 12.0 Å². The molecule has 2 bridgehead atoms. The highest BCUT2D eigenvalue weighted by atomic mass is 16.5. The predicted molar refractivity (Wildman–Crippen MR) is 95.3 cm³/mol. The molecule has 8 heteroatoms. The van der Waals surface area contributed by atoms with Gasteiger partial charge in [0, 0.05) is 36.5 Å². The second kappa shape index (κ2) is 5.69. The Morgan fingerprint density at radius 3 is 3.04 bits per heavy atom. The summed E-state index contributed by atoms with van der Waals surface area (Å²) in [7, 11) is 0. The van der Waals surface area contributed by atoms with Gasteiger partial charge < -0.3 is 15.0 Å². The minimum atomic E-state index is -0.366. The third-order valence-electron chi connectivity index (χ3n) is 5.65. The fourth-order valence-electron chi connectivity index (χ4n) is 4.09. The van der Waals surface area contributed by atoms with Crippen LogP contribution in [0.25, 0.3) is 0 Å². The summed E-state index contributed by atoms with van der Waals surface area (Å²) in [5, 5.41) is 10.6. The number of anilines is 3. The molecule has 4 aliphatic rings. The summed E-state index contributed by atoms with van der Waals surface area (Å²) in [5.74, 6) is 2.68. The quantitative estimate of drug-likeness (QED) is 0.769. The van der Waals surface area contributed by atoms with E-state index in [9.17, 15) is 4.79 Å². The number of H-pyrrole nitrogens is 1. The van der Waals surface area contributed by atoms with Gasteiger partial charge in [-0.25, -0.2) is 4.98 Å². The van der Waals surface area contributed by atoms with Gasteiger partial charge in [-0.15, -0.1) is 0 Å². The zero-order valence-corrected chi connectivity index (χ0v) is 14.7. The highest BCUT2D eigenvalue weighted by molar-refractivity contribution is 5.81. The summed E-state index contributed by atoms with van der Waals surface area (Å²) >= 11 is 0. The van der Waals surface area contributed by atoms with Crippen LogP contribution < -0.4 is 10.2 Å². The van der Waals surface area contributed by atoms with E-state index in [0.717, 1.165) is 18.7 Å². The summed E-state index contributed by atoms with van der Waals surface area (Å²) in [6, 6.07) is 4.19. The Labute approximate surface area is 151 Å². The highest BCUT2D eigenvalue weighted by Gasteiger charge is 2.61. The van der Waals surface area contributed by atoms with Crippen LogP contribution in [0.3, 0.4) is 0 Å². The standard InChI is InChI=1S/C18H22N6O2/c1-2-26-16(25)18-8-12(9-18)24(10-18)17-19-6-5-14(21-17)20-15-7-13(22-23-15)11-3-4-11/h5-7,11-12H,2-4,8-10H2,1H3,(H2,19,20,21,22,23). The molecule has 136 valence electrons. The number of nitrogens with one attached hydrogen (secondary N) is 2. The van der Waals surface area contributed by atoms with Crippen LogP contribution in [0.2, 0.25) is 0 Å². The molecule has 0 spiro atoms. The minimum absolute atomic E-state index is 0.0860. The van der Waals surface area contributed by atoms with E-state index in [2.05, 4.69) is 30.4 Å². The van der Waals surface area contributed by atoms with E-state index < -0.39 is 0 Å². The van der Waals surface area contributed by atoms with Gasteiger partial charge in [0.1, 0.15) is 5.82 Å². The summed E-state index contributed by atoms with van der Waals surface area (Å²) in [6.45, 7) is 2.90. The van der Waals surface area contributed by atoms with E-state index in [4.69, 9.17) is 4.74 Å². The molecule has 0 atom stereocenters. The first-order valence-corrected chi connectivity index (χ1v) is 9.26. The van der Waals surface area contributed by atoms with Crippen LogP contribution in [0.1, 0.15) is 44.2 Å². The summed E-state index contributed by atoms with van der Waals surface area (Å²) < 4.78 is 5.25. The SMILES string of the molecule is CCOC(=O)C12CC(C1)N(c1nccc(Nc3cc(C4CC4)[nH]n3)n1)C2. The van der Waals surface area contributed by atoms with Crippen molar-refractivity contribution in [2.45, 2.75) is 44.6 Å². The number of aromatic amines is 1. The zero-order chi connectivity index (χ0) is 17.7. The second-order valence-electron chi connectivity index (χ2n) is 7.54. The Balaban J connectivity index is 1.30. The smallest absolute Gasteiger partial charge is 0.314 e. The molecule has 0 radical (unpaired) electrons. The monoisotopic (exact) mass is 354 g/mol. The van der Waals surface area contributed by atoms with E-state index >= 15 is 0 Å². The van der Waals surface area contributed by atoms with Gasteiger partial charge in [0.15, 0.2) is 5.82 Å². The van der Waals surface area contributed by atoms with Crippen molar-refractivity contribution in [2.75, 3.05) is 23.4 Å². The average Bonchev–Trinajstić information content (AvgIpc) is 3.07. The molecule has 0 aromatic carbocycles. The molecule has 4 fully saturated rings. The summed E-state index contributed by atoms with van der Waals surface area (Å²) in [6.07, 6.45) is 5.87. The predicted octanol–water partition coefficient (Wildman–Crippen LogP) is 2.35. The molecular weight excluding hydrogens is 332 g/mol. The van der Waals surface area contributed by atoms with Crippen LogP contribution in [0, 0.1) is 5.41 Å². The number of nitrogens with zero attached hydrogens (tertiary/aromatic N) is 4. The van der Waals surface area contributed by atoms with E-state index in [1.165, 1.54) is 18.5 Å². The average molecular weight is 354 g/mol. The number of carbonyl (C=O) groups is 1. The Morgan fingerprint density at radius 2 is 2.27 bits per heavy atom. The van der Waals surface area contributed by atoms with Crippen molar-refractivity contribution in [1.29, 1.82) is 0 Å². The molecule has 2 saturated carbocycles. The lowest BCUT2D eigenvalue weighted by atomic mass is 9.70. The van der Waals surface area contributed by atoms with Crippen LogP contribution >= 0.6 is 0 Å². The third-order valence-corrected chi connectivity index (χ3v) is 5.65. The number of aromatic nitrogens is 4. The van der Waals surface area contributed by atoms with Crippen molar-refractivity contribution < 1.29 is 9.53 Å². The van der Waals surface area contributed by atoms with Gasteiger partial charge in [0.2, 0.25) is 5.95 Å². The highest BCUT2D eigenvalue weighted by Crippen LogP contribution is 2.53. The van der Waals surface area contributed by atoms with Gasteiger partial charge in [-0.1, -0.05) is 0 Å².